The second-order valence-corrected chi connectivity index (χ2v) is 3.72. The Hall–Kier alpha value is -2.14. The van der Waals surface area contributed by atoms with Gasteiger partial charge in [-0.3, -0.25) is 9.59 Å². The van der Waals surface area contributed by atoms with E-state index in [1.54, 1.807) is 12.1 Å². The summed E-state index contributed by atoms with van der Waals surface area (Å²) in [6, 6.07) is 7.26. The number of aromatic amines is 1. The molecule has 1 amide bonds. The van der Waals surface area contributed by atoms with Gasteiger partial charge in [0.2, 0.25) is 11.7 Å². The van der Waals surface area contributed by atoms with Crippen LogP contribution in [0, 0.1) is 0 Å². The second-order valence-electron chi connectivity index (χ2n) is 3.72. The summed E-state index contributed by atoms with van der Waals surface area (Å²) in [7, 11) is 0. The zero-order valence-electron chi connectivity index (χ0n) is 9.23. The van der Waals surface area contributed by atoms with Gasteiger partial charge in [-0.1, -0.05) is 18.2 Å². The Morgan fingerprint density at radius 3 is 2.76 bits per heavy atom. The van der Waals surface area contributed by atoms with Gasteiger partial charge >= 0.3 is 0 Å². The van der Waals surface area contributed by atoms with Crippen LogP contribution in [0.5, 0.6) is 0 Å². The first-order valence-corrected chi connectivity index (χ1v) is 5.15. The van der Waals surface area contributed by atoms with Crippen LogP contribution in [0.3, 0.4) is 0 Å². The summed E-state index contributed by atoms with van der Waals surface area (Å²) in [6.45, 7) is 1.24. The lowest BCUT2D eigenvalue weighted by atomic mass is 10.1. The molecule has 2 aromatic rings. The molecule has 0 fully saturated rings. The van der Waals surface area contributed by atoms with E-state index in [1.165, 1.54) is 13.1 Å². The molecule has 0 aliphatic rings. The molecule has 1 aromatic heterocycles. The highest BCUT2D eigenvalue weighted by Crippen LogP contribution is 2.18. The third-order valence-electron chi connectivity index (χ3n) is 2.44. The van der Waals surface area contributed by atoms with Crippen LogP contribution in [0.25, 0.3) is 10.9 Å². The predicted octanol–water partition coefficient (Wildman–Crippen LogP) is 0.805. The van der Waals surface area contributed by atoms with E-state index in [-0.39, 0.29) is 0 Å². The fraction of sp³-hybridized carbons (Fsp3) is 0.167. The summed E-state index contributed by atoms with van der Waals surface area (Å²) in [6.07, 6.45) is 0.0182. The van der Waals surface area contributed by atoms with E-state index in [2.05, 4.69) is 10.3 Å². The van der Waals surface area contributed by atoms with Crippen LogP contribution in [0.15, 0.2) is 30.5 Å². The number of fused-ring (bicyclic) bond motifs is 1. The Labute approximate surface area is 97.4 Å². The highest BCUT2D eigenvalue weighted by molar-refractivity contribution is 6.10. The Balaban J connectivity index is 2.33. The predicted molar refractivity (Wildman–Crippen MR) is 62.5 cm³/mol. The molecular weight excluding hydrogens is 220 g/mol. The number of carbonyl (C=O) groups is 2. The highest BCUT2D eigenvalue weighted by Gasteiger charge is 2.20. The van der Waals surface area contributed by atoms with Crippen LogP contribution in [-0.4, -0.2) is 28.0 Å². The quantitative estimate of drug-likeness (QED) is 0.541. The summed E-state index contributed by atoms with van der Waals surface area (Å²) >= 11 is 0. The van der Waals surface area contributed by atoms with Crippen LogP contribution >= 0.6 is 0 Å². The maximum absolute atomic E-state index is 11.9. The van der Waals surface area contributed by atoms with Gasteiger partial charge in [-0.2, -0.15) is 0 Å². The Kier molecular flexibility index (Phi) is 2.93. The zero-order chi connectivity index (χ0) is 12.4. The van der Waals surface area contributed by atoms with Gasteiger partial charge in [0.25, 0.3) is 0 Å². The number of aliphatic hydroxyl groups excluding tert-OH is 1. The summed E-state index contributed by atoms with van der Waals surface area (Å²) in [5.41, 5.74) is 1.17. The van der Waals surface area contributed by atoms with Crippen molar-refractivity contribution in [3.63, 3.8) is 0 Å². The van der Waals surface area contributed by atoms with E-state index >= 15 is 0 Å². The summed E-state index contributed by atoms with van der Waals surface area (Å²) in [5, 5.41) is 12.4. The molecule has 5 nitrogen and oxygen atoms in total. The van der Waals surface area contributed by atoms with Crippen molar-refractivity contribution in [2.75, 3.05) is 0 Å². The number of amides is 1. The first-order valence-electron chi connectivity index (χ1n) is 5.15. The van der Waals surface area contributed by atoms with Crippen molar-refractivity contribution < 1.29 is 14.7 Å². The maximum Gasteiger partial charge on any atom is 0.219 e. The van der Waals surface area contributed by atoms with Gasteiger partial charge < -0.3 is 15.4 Å². The van der Waals surface area contributed by atoms with Crippen molar-refractivity contribution in [1.82, 2.24) is 10.3 Å². The number of nitrogens with one attached hydrogen (secondary N) is 2. The zero-order valence-corrected chi connectivity index (χ0v) is 9.23. The molecule has 0 saturated carbocycles. The third kappa shape index (κ3) is 2.19. The monoisotopic (exact) mass is 232 g/mol. The van der Waals surface area contributed by atoms with E-state index in [0.717, 1.165) is 10.9 Å². The standard InChI is InChI=1S/C12H12N2O3/c1-7(15)14-12(17)11(16)9-6-13-10-5-3-2-4-8(9)10/h2-6,12-13,17H,1H3,(H,14,15). The third-order valence-corrected chi connectivity index (χ3v) is 2.44. The van der Waals surface area contributed by atoms with Crippen LogP contribution in [-0.2, 0) is 4.79 Å². The van der Waals surface area contributed by atoms with E-state index in [0.29, 0.717) is 5.56 Å². The molecule has 1 unspecified atom stereocenters. The lowest BCUT2D eigenvalue weighted by Gasteiger charge is -2.09. The van der Waals surface area contributed by atoms with Crippen molar-refractivity contribution in [2.45, 2.75) is 13.2 Å². The molecule has 1 atom stereocenters. The van der Waals surface area contributed by atoms with Gasteiger partial charge in [0.05, 0.1) is 0 Å². The molecule has 0 spiro atoms. The normalized spacial score (nSPS) is 12.4. The molecular formula is C12H12N2O3. The first kappa shape index (κ1) is 11.3. The average Bonchev–Trinajstić information content (AvgIpc) is 2.70. The topological polar surface area (TPSA) is 82.2 Å². The minimum absolute atomic E-state index is 0.363. The maximum atomic E-state index is 11.9. The number of hydrogen-bond acceptors (Lipinski definition) is 3. The number of benzene rings is 1. The number of carbonyl (C=O) groups excluding carboxylic acids is 2. The number of Topliss-reactive ketones (excluding diaryl/α,β-unsaturated/α-hetero) is 1. The van der Waals surface area contributed by atoms with E-state index in [9.17, 15) is 14.7 Å². The molecule has 0 radical (unpaired) electrons. The molecule has 1 aromatic carbocycles. The Morgan fingerprint density at radius 1 is 1.35 bits per heavy atom. The van der Waals surface area contributed by atoms with Crippen LogP contribution in [0.2, 0.25) is 0 Å². The van der Waals surface area contributed by atoms with E-state index in [1.807, 2.05) is 12.1 Å². The molecule has 2 rings (SSSR count). The number of aromatic nitrogens is 1. The molecule has 5 heteroatoms. The Morgan fingerprint density at radius 2 is 2.06 bits per heavy atom. The van der Waals surface area contributed by atoms with Crippen molar-refractivity contribution >= 4 is 22.6 Å². The Bertz CT molecular complexity index is 574. The van der Waals surface area contributed by atoms with Crippen molar-refractivity contribution in [2.24, 2.45) is 0 Å². The number of para-hydroxylation sites is 1. The molecule has 17 heavy (non-hydrogen) atoms. The fourth-order valence-corrected chi connectivity index (χ4v) is 1.68. The minimum Gasteiger partial charge on any atom is -0.367 e. The second kappa shape index (κ2) is 4.39. The van der Waals surface area contributed by atoms with E-state index < -0.39 is 17.9 Å². The van der Waals surface area contributed by atoms with Gasteiger partial charge in [-0.15, -0.1) is 0 Å². The first-order chi connectivity index (χ1) is 8.09. The summed E-state index contributed by atoms with van der Waals surface area (Å²) in [4.78, 5) is 25.6. The molecule has 88 valence electrons. The minimum atomic E-state index is -1.51. The molecule has 0 bridgehead atoms. The van der Waals surface area contributed by atoms with Crippen LogP contribution in [0.1, 0.15) is 17.3 Å². The average molecular weight is 232 g/mol. The van der Waals surface area contributed by atoms with Gasteiger partial charge in [0.1, 0.15) is 0 Å². The van der Waals surface area contributed by atoms with Gasteiger partial charge in [-0.05, 0) is 6.07 Å². The number of hydrogen-bond donors (Lipinski definition) is 3. The number of H-pyrrole nitrogens is 1. The highest BCUT2D eigenvalue weighted by atomic mass is 16.3. The van der Waals surface area contributed by atoms with Crippen molar-refractivity contribution in [3.05, 3.63) is 36.0 Å². The summed E-state index contributed by atoms with van der Waals surface area (Å²) in [5.74, 6) is -0.983. The van der Waals surface area contributed by atoms with Crippen LogP contribution in [0.4, 0.5) is 0 Å². The molecule has 0 aliphatic carbocycles. The van der Waals surface area contributed by atoms with Gasteiger partial charge in [-0.25, -0.2) is 0 Å². The largest absolute Gasteiger partial charge is 0.367 e. The SMILES string of the molecule is CC(=O)NC(O)C(=O)c1c[nH]c2ccccc12. The van der Waals surface area contributed by atoms with Crippen LogP contribution < -0.4 is 5.32 Å². The van der Waals surface area contributed by atoms with E-state index in [4.69, 9.17) is 0 Å². The molecule has 0 saturated heterocycles. The number of rotatable bonds is 3. The molecule has 0 aliphatic heterocycles. The molecule has 1 heterocycles. The molecule has 3 N–H and O–H groups in total. The van der Waals surface area contributed by atoms with Crippen molar-refractivity contribution in [3.8, 4) is 0 Å². The van der Waals surface area contributed by atoms with Gasteiger partial charge in [0.15, 0.2) is 6.23 Å². The smallest absolute Gasteiger partial charge is 0.219 e. The fourth-order valence-electron chi connectivity index (χ4n) is 1.68. The van der Waals surface area contributed by atoms with Gasteiger partial charge in [0, 0.05) is 29.6 Å². The lowest BCUT2D eigenvalue weighted by Crippen LogP contribution is -2.39. The number of ketones is 1. The number of aliphatic hydroxyl groups is 1. The lowest BCUT2D eigenvalue weighted by molar-refractivity contribution is -0.121. The summed E-state index contributed by atoms with van der Waals surface area (Å²) < 4.78 is 0. The van der Waals surface area contributed by atoms with Crippen molar-refractivity contribution in [1.29, 1.82) is 0 Å².